The maximum atomic E-state index is 12.6. The van der Waals surface area contributed by atoms with Gasteiger partial charge in [-0.25, -0.2) is 9.78 Å². The molecule has 4 nitrogen and oxygen atoms in total. The van der Waals surface area contributed by atoms with E-state index in [1.54, 1.807) is 0 Å². The number of methoxy groups -OCH3 is 1. The molecule has 0 N–H and O–H groups in total. The zero-order valence-electron chi connectivity index (χ0n) is 11.9. The van der Waals surface area contributed by atoms with E-state index in [-0.39, 0.29) is 0 Å². The molecule has 1 heterocycles. The van der Waals surface area contributed by atoms with Crippen LogP contribution in [0.3, 0.4) is 0 Å². The Bertz CT molecular complexity index is 479. The number of aromatic nitrogens is 2. The zero-order valence-corrected chi connectivity index (χ0v) is 11.9. The molecule has 21 heavy (non-hydrogen) atoms. The van der Waals surface area contributed by atoms with Crippen LogP contribution in [0.2, 0.25) is 0 Å². The smallest absolute Gasteiger partial charge is 0.434 e. The molecule has 1 aliphatic rings. The van der Waals surface area contributed by atoms with Crippen molar-refractivity contribution in [2.75, 3.05) is 7.11 Å². The minimum atomic E-state index is -4.50. The van der Waals surface area contributed by atoms with E-state index in [4.69, 9.17) is 4.74 Å². The number of carbonyl (C=O) groups excluding carboxylic acids is 1. The van der Waals surface area contributed by atoms with Crippen molar-refractivity contribution in [3.63, 3.8) is 0 Å². The minimum Gasteiger partial charge on any atom is -0.467 e. The average Bonchev–Trinajstić information content (AvgIpc) is 2.94. The number of hydrogen-bond donors (Lipinski definition) is 0. The first-order chi connectivity index (χ1) is 9.91. The summed E-state index contributed by atoms with van der Waals surface area (Å²) in [6, 6.07) is -0.735. The van der Waals surface area contributed by atoms with Crippen molar-refractivity contribution in [2.45, 2.75) is 50.7 Å². The van der Waals surface area contributed by atoms with E-state index in [2.05, 4.69) is 4.98 Å². The predicted molar refractivity (Wildman–Crippen MR) is 69.5 cm³/mol. The first-order valence-electron chi connectivity index (χ1n) is 7.10. The number of esters is 1. The third-order valence-electron chi connectivity index (χ3n) is 4.01. The third-order valence-corrected chi connectivity index (χ3v) is 4.01. The Balaban J connectivity index is 2.15. The summed E-state index contributed by atoms with van der Waals surface area (Å²) in [6.45, 7) is 0. The average molecular weight is 304 g/mol. The summed E-state index contributed by atoms with van der Waals surface area (Å²) >= 11 is 0. The molecule has 1 aromatic rings. The zero-order chi connectivity index (χ0) is 15.5. The fourth-order valence-electron chi connectivity index (χ4n) is 2.87. The quantitative estimate of drug-likeness (QED) is 0.799. The molecule has 0 spiro atoms. The number of alkyl halides is 3. The maximum Gasteiger partial charge on any atom is 0.434 e. The van der Waals surface area contributed by atoms with Gasteiger partial charge < -0.3 is 9.30 Å². The lowest BCUT2D eigenvalue weighted by molar-refractivity contribution is -0.146. The molecule has 2 rings (SSSR count). The van der Waals surface area contributed by atoms with Crippen molar-refractivity contribution in [2.24, 2.45) is 5.92 Å². The van der Waals surface area contributed by atoms with Crippen molar-refractivity contribution in [3.8, 4) is 0 Å². The first-order valence-corrected chi connectivity index (χ1v) is 7.10. The fraction of sp³-hybridized carbons (Fsp3) is 0.714. The molecule has 1 aliphatic carbocycles. The number of nitrogens with zero attached hydrogens (tertiary/aromatic N) is 2. The fourth-order valence-corrected chi connectivity index (χ4v) is 2.87. The monoisotopic (exact) mass is 304 g/mol. The number of hydrogen-bond acceptors (Lipinski definition) is 3. The largest absolute Gasteiger partial charge is 0.467 e. The lowest BCUT2D eigenvalue weighted by atomic mass is 9.85. The number of halogens is 3. The van der Waals surface area contributed by atoms with Crippen molar-refractivity contribution >= 4 is 5.97 Å². The molecular formula is C14H19F3N2O2. The lowest BCUT2D eigenvalue weighted by Crippen LogP contribution is -2.24. The standard InChI is InChI=1S/C14H19F3N2O2/c1-21-13(20)11(7-10-5-3-2-4-6-10)19-8-12(18-9-19)14(15,16)17/h8-11H,2-7H2,1H3. The number of carbonyl (C=O) groups is 1. The Morgan fingerprint density at radius 3 is 2.62 bits per heavy atom. The molecule has 0 amide bonds. The maximum absolute atomic E-state index is 12.6. The van der Waals surface area contributed by atoms with E-state index in [1.165, 1.54) is 18.1 Å². The van der Waals surface area contributed by atoms with Gasteiger partial charge in [0.1, 0.15) is 6.04 Å². The van der Waals surface area contributed by atoms with Crippen LogP contribution in [0.1, 0.15) is 50.3 Å². The van der Waals surface area contributed by atoms with E-state index >= 15 is 0 Å². The summed E-state index contributed by atoms with van der Waals surface area (Å²) in [6.07, 6.45) is 3.35. The summed E-state index contributed by atoms with van der Waals surface area (Å²) in [5, 5.41) is 0. The summed E-state index contributed by atoms with van der Waals surface area (Å²) < 4.78 is 43.8. The highest BCUT2D eigenvalue weighted by molar-refractivity contribution is 5.74. The van der Waals surface area contributed by atoms with E-state index < -0.39 is 23.9 Å². The van der Waals surface area contributed by atoms with Crippen molar-refractivity contribution < 1.29 is 22.7 Å². The molecule has 118 valence electrons. The Labute approximate surface area is 121 Å². The van der Waals surface area contributed by atoms with Gasteiger partial charge in [-0.05, 0) is 12.3 Å². The van der Waals surface area contributed by atoms with Crippen LogP contribution in [0.25, 0.3) is 0 Å². The van der Waals surface area contributed by atoms with Crippen molar-refractivity contribution in [3.05, 3.63) is 18.2 Å². The molecule has 7 heteroatoms. The van der Waals surface area contributed by atoms with Gasteiger partial charge in [0, 0.05) is 6.20 Å². The van der Waals surface area contributed by atoms with Gasteiger partial charge in [-0.2, -0.15) is 13.2 Å². The van der Waals surface area contributed by atoms with Crippen LogP contribution in [-0.2, 0) is 15.7 Å². The summed E-state index contributed by atoms with van der Waals surface area (Å²) in [5.74, 6) is -0.175. The Morgan fingerprint density at radius 1 is 1.43 bits per heavy atom. The van der Waals surface area contributed by atoms with E-state index in [0.29, 0.717) is 12.3 Å². The summed E-state index contributed by atoms with van der Waals surface area (Å²) in [5.41, 5.74) is -0.986. The highest BCUT2D eigenvalue weighted by Crippen LogP contribution is 2.33. The summed E-state index contributed by atoms with van der Waals surface area (Å²) in [7, 11) is 1.25. The topological polar surface area (TPSA) is 44.1 Å². The van der Waals surface area contributed by atoms with Gasteiger partial charge in [0.15, 0.2) is 5.69 Å². The highest BCUT2D eigenvalue weighted by Gasteiger charge is 2.35. The van der Waals surface area contributed by atoms with Crippen LogP contribution in [0.5, 0.6) is 0 Å². The first kappa shape index (κ1) is 15.9. The molecule has 0 saturated heterocycles. The second-order valence-electron chi connectivity index (χ2n) is 5.48. The van der Waals surface area contributed by atoms with Crippen molar-refractivity contribution in [1.29, 1.82) is 0 Å². The van der Waals surface area contributed by atoms with E-state index in [9.17, 15) is 18.0 Å². The summed E-state index contributed by atoms with van der Waals surface area (Å²) in [4.78, 5) is 15.2. The van der Waals surface area contributed by atoms with E-state index in [1.807, 2.05) is 0 Å². The molecular weight excluding hydrogens is 285 g/mol. The SMILES string of the molecule is COC(=O)C(CC1CCCCC1)n1cnc(C(F)(F)F)c1. The second kappa shape index (κ2) is 6.49. The molecule has 1 aromatic heterocycles. The molecule has 1 saturated carbocycles. The van der Waals surface area contributed by atoms with Gasteiger partial charge in [0.05, 0.1) is 13.4 Å². The highest BCUT2D eigenvalue weighted by atomic mass is 19.4. The molecule has 1 unspecified atom stereocenters. The van der Waals surface area contributed by atoms with Crippen LogP contribution in [0, 0.1) is 5.92 Å². The lowest BCUT2D eigenvalue weighted by Gasteiger charge is -2.25. The Kier molecular flexibility index (Phi) is 4.90. The van der Waals surface area contributed by atoms with E-state index in [0.717, 1.165) is 38.2 Å². The number of ether oxygens (including phenoxy) is 1. The molecule has 0 radical (unpaired) electrons. The van der Waals surface area contributed by atoms with Crippen LogP contribution in [-0.4, -0.2) is 22.6 Å². The molecule has 0 bridgehead atoms. The Hall–Kier alpha value is -1.53. The van der Waals surface area contributed by atoms with Gasteiger partial charge in [-0.1, -0.05) is 32.1 Å². The molecule has 1 atom stereocenters. The number of imidazole rings is 1. The molecule has 0 aromatic carbocycles. The van der Waals surface area contributed by atoms with Gasteiger partial charge in [-0.15, -0.1) is 0 Å². The van der Waals surface area contributed by atoms with Crippen LogP contribution < -0.4 is 0 Å². The van der Waals surface area contributed by atoms with Crippen LogP contribution >= 0.6 is 0 Å². The number of rotatable bonds is 4. The predicted octanol–water partition coefficient (Wildman–Crippen LogP) is 3.59. The molecule has 0 aliphatic heterocycles. The molecule has 1 fully saturated rings. The van der Waals surface area contributed by atoms with Gasteiger partial charge in [0.2, 0.25) is 0 Å². The van der Waals surface area contributed by atoms with Crippen LogP contribution in [0.4, 0.5) is 13.2 Å². The normalized spacial score (nSPS) is 18.5. The van der Waals surface area contributed by atoms with Crippen molar-refractivity contribution in [1.82, 2.24) is 9.55 Å². The minimum absolute atomic E-state index is 0.347. The second-order valence-corrected chi connectivity index (χ2v) is 5.48. The van der Waals surface area contributed by atoms with Crippen LogP contribution in [0.15, 0.2) is 12.5 Å². The third kappa shape index (κ3) is 3.98. The Morgan fingerprint density at radius 2 is 2.10 bits per heavy atom. The van der Waals surface area contributed by atoms with Gasteiger partial charge in [-0.3, -0.25) is 0 Å². The van der Waals surface area contributed by atoms with Gasteiger partial charge in [0.25, 0.3) is 0 Å². The van der Waals surface area contributed by atoms with Gasteiger partial charge >= 0.3 is 12.1 Å².